The molecule has 0 saturated heterocycles. The van der Waals surface area contributed by atoms with Crippen LogP contribution in [0.15, 0.2) is 29.9 Å². The third-order valence-corrected chi connectivity index (χ3v) is 4.08. The van der Waals surface area contributed by atoms with Gasteiger partial charge in [0.1, 0.15) is 5.82 Å². The van der Waals surface area contributed by atoms with Crippen LogP contribution in [0.2, 0.25) is 0 Å². The number of aromatic nitrogens is 1. The molecule has 2 aromatic heterocycles. The lowest BCUT2D eigenvalue weighted by Gasteiger charge is -2.14. The molecule has 2 rings (SSSR count). The maximum atomic E-state index is 13.1. The Morgan fingerprint density at radius 2 is 2.19 bits per heavy atom. The molecular formula is C11H10FIN2S. The highest BCUT2D eigenvalue weighted by Gasteiger charge is 2.14. The van der Waals surface area contributed by atoms with Crippen LogP contribution in [-0.2, 0) is 0 Å². The first-order valence-corrected chi connectivity index (χ1v) is 6.68. The molecule has 16 heavy (non-hydrogen) atoms. The van der Waals surface area contributed by atoms with E-state index in [0.29, 0.717) is 0 Å². The van der Waals surface area contributed by atoms with Gasteiger partial charge in [0.15, 0.2) is 0 Å². The minimum absolute atomic E-state index is 0.00275. The summed E-state index contributed by atoms with van der Waals surface area (Å²) in [6, 6.07) is 3.61. The summed E-state index contributed by atoms with van der Waals surface area (Å²) in [4.78, 5) is 3.87. The van der Waals surface area contributed by atoms with Gasteiger partial charge in [0, 0.05) is 6.20 Å². The molecule has 5 heteroatoms. The lowest BCUT2D eigenvalue weighted by atomic mass is 10.0. The van der Waals surface area contributed by atoms with Crippen LogP contribution >= 0.6 is 33.9 Å². The molecule has 0 saturated carbocycles. The highest BCUT2D eigenvalue weighted by Crippen LogP contribution is 2.26. The molecule has 0 aromatic carbocycles. The second kappa shape index (κ2) is 5.20. The Hall–Kier alpha value is -0.530. The predicted octanol–water partition coefficient (Wildman–Crippen LogP) is 3.20. The SMILES string of the molecule is CNC(c1cncc(F)c1)c1csc(I)c1. The van der Waals surface area contributed by atoms with Crippen molar-refractivity contribution in [3.63, 3.8) is 0 Å². The van der Waals surface area contributed by atoms with Gasteiger partial charge in [0.05, 0.1) is 15.1 Å². The van der Waals surface area contributed by atoms with Crippen LogP contribution in [0.4, 0.5) is 4.39 Å². The highest BCUT2D eigenvalue weighted by atomic mass is 127. The zero-order valence-electron chi connectivity index (χ0n) is 8.58. The molecule has 0 aliphatic carbocycles. The molecule has 0 aliphatic rings. The molecule has 1 N–H and O–H groups in total. The summed E-state index contributed by atoms with van der Waals surface area (Å²) in [5.74, 6) is -0.303. The number of halogens is 2. The summed E-state index contributed by atoms with van der Waals surface area (Å²) in [6.07, 6.45) is 2.91. The Bertz CT molecular complexity index is 486. The largest absolute Gasteiger partial charge is 0.309 e. The zero-order valence-corrected chi connectivity index (χ0v) is 11.5. The number of nitrogens with zero attached hydrogens (tertiary/aromatic N) is 1. The second-order valence-corrected chi connectivity index (χ2v) is 6.15. The minimum atomic E-state index is -0.303. The summed E-state index contributed by atoms with van der Waals surface area (Å²) in [6.45, 7) is 0. The molecule has 0 aliphatic heterocycles. The summed E-state index contributed by atoms with van der Waals surface area (Å²) >= 11 is 3.96. The summed E-state index contributed by atoms with van der Waals surface area (Å²) in [7, 11) is 1.86. The van der Waals surface area contributed by atoms with Crippen molar-refractivity contribution in [3.8, 4) is 0 Å². The van der Waals surface area contributed by atoms with Gasteiger partial charge in [-0.05, 0) is 58.3 Å². The fourth-order valence-corrected chi connectivity index (χ4v) is 2.98. The predicted molar refractivity (Wildman–Crippen MR) is 72.1 cm³/mol. The van der Waals surface area contributed by atoms with E-state index in [2.05, 4.69) is 44.3 Å². The molecule has 84 valence electrons. The summed E-state index contributed by atoms with van der Waals surface area (Å²) in [5.41, 5.74) is 1.99. The summed E-state index contributed by atoms with van der Waals surface area (Å²) < 4.78 is 14.3. The van der Waals surface area contributed by atoms with Crippen molar-refractivity contribution in [1.82, 2.24) is 10.3 Å². The van der Waals surface area contributed by atoms with Gasteiger partial charge in [-0.25, -0.2) is 4.39 Å². The number of thiophene rings is 1. The van der Waals surface area contributed by atoms with E-state index in [4.69, 9.17) is 0 Å². The van der Waals surface area contributed by atoms with Crippen molar-refractivity contribution in [2.75, 3.05) is 7.05 Å². The Labute approximate surface area is 111 Å². The van der Waals surface area contributed by atoms with Crippen LogP contribution in [0, 0.1) is 8.70 Å². The first kappa shape index (κ1) is 11.9. The molecule has 2 nitrogen and oxygen atoms in total. The van der Waals surface area contributed by atoms with Crippen LogP contribution in [-0.4, -0.2) is 12.0 Å². The van der Waals surface area contributed by atoms with Crippen molar-refractivity contribution in [1.29, 1.82) is 0 Å². The monoisotopic (exact) mass is 348 g/mol. The fourth-order valence-electron chi connectivity index (χ4n) is 1.59. The van der Waals surface area contributed by atoms with Gasteiger partial charge < -0.3 is 5.32 Å². The molecule has 0 fully saturated rings. The van der Waals surface area contributed by atoms with Gasteiger partial charge in [-0.2, -0.15) is 0 Å². The Morgan fingerprint density at radius 1 is 1.38 bits per heavy atom. The van der Waals surface area contributed by atoms with Gasteiger partial charge in [0.25, 0.3) is 0 Å². The van der Waals surface area contributed by atoms with E-state index >= 15 is 0 Å². The molecule has 0 spiro atoms. The molecule has 0 amide bonds. The lowest BCUT2D eigenvalue weighted by Crippen LogP contribution is -2.17. The average Bonchev–Trinajstić information content (AvgIpc) is 2.66. The van der Waals surface area contributed by atoms with E-state index in [0.717, 1.165) is 11.1 Å². The molecule has 0 radical (unpaired) electrons. The van der Waals surface area contributed by atoms with Crippen LogP contribution in [0.25, 0.3) is 0 Å². The Morgan fingerprint density at radius 3 is 2.75 bits per heavy atom. The van der Waals surface area contributed by atoms with Crippen LogP contribution in [0.1, 0.15) is 17.2 Å². The van der Waals surface area contributed by atoms with Gasteiger partial charge >= 0.3 is 0 Å². The second-order valence-electron chi connectivity index (χ2n) is 3.34. The van der Waals surface area contributed by atoms with Crippen molar-refractivity contribution >= 4 is 33.9 Å². The van der Waals surface area contributed by atoms with Crippen molar-refractivity contribution in [2.45, 2.75) is 6.04 Å². The summed E-state index contributed by atoms with van der Waals surface area (Å²) in [5, 5.41) is 5.25. The van der Waals surface area contributed by atoms with E-state index in [1.165, 1.54) is 15.1 Å². The van der Waals surface area contributed by atoms with Gasteiger partial charge in [0.2, 0.25) is 0 Å². The van der Waals surface area contributed by atoms with E-state index in [1.807, 2.05) is 7.05 Å². The van der Waals surface area contributed by atoms with Crippen LogP contribution < -0.4 is 5.32 Å². The van der Waals surface area contributed by atoms with Crippen LogP contribution in [0.3, 0.4) is 0 Å². The highest BCUT2D eigenvalue weighted by molar-refractivity contribution is 14.1. The third kappa shape index (κ3) is 2.58. The van der Waals surface area contributed by atoms with Crippen molar-refractivity contribution in [2.24, 2.45) is 0 Å². The topological polar surface area (TPSA) is 24.9 Å². The minimum Gasteiger partial charge on any atom is -0.309 e. The molecule has 2 heterocycles. The van der Waals surface area contributed by atoms with E-state index < -0.39 is 0 Å². The van der Waals surface area contributed by atoms with Gasteiger partial charge in [-0.3, -0.25) is 4.98 Å². The Balaban J connectivity index is 2.36. The molecule has 2 aromatic rings. The molecule has 0 bridgehead atoms. The quantitative estimate of drug-likeness (QED) is 0.862. The fraction of sp³-hybridized carbons (Fsp3) is 0.182. The number of nitrogens with one attached hydrogen (secondary N) is 1. The maximum absolute atomic E-state index is 13.1. The number of rotatable bonds is 3. The van der Waals surface area contributed by atoms with E-state index in [-0.39, 0.29) is 11.9 Å². The molecule has 1 unspecified atom stereocenters. The lowest BCUT2D eigenvalue weighted by molar-refractivity contribution is 0.609. The van der Waals surface area contributed by atoms with E-state index in [9.17, 15) is 4.39 Å². The number of hydrogen-bond acceptors (Lipinski definition) is 3. The molecular weight excluding hydrogens is 338 g/mol. The maximum Gasteiger partial charge on any atom is 0.141 e. The average molecular weight is 348 g/mol. The first-order valence-electron chi connectivity index (χ1n) is 4.72. The van der Waals surface area contributed by atoms with E-state index in [1.54, 1.807) is 17.5 Å². The van der Waals surface area contributed by atoms with Gasteiger partial charge in [-0.1, -0.05) is 0 Å². The Kier molecular flexibility index (Phi) is 3.88. The smallest absolute Gasteiger partial charge is 0.141 e. The third-order valence-electron chi connectivity index (χ3n) is 2.27. The normalized spacial score (nSPS) is 12.7. The van der Waals surface area contributed by atoms with Gasteiger partial charge in [-0.15, -0.1) is 11.3 Å². The van der Waals surface area contributed by atoms with Crippen molar-refractivity contribution < 1.29 is 4.39 Å². The number of hydrogen-bond donors (Lipinski definition) is 1. The van der Waals surface area contributed by atoms with Crippen LogP contribution in [0.5, 0.6) is 0 Å². The standard InChI is InChI=1S/C11H10FIN2S/c1-14-11(8-3-10(13)16-6-8)7-2-9(12)5-15-4-7/h2-6,11,14H,1H3. The first-order chi connectivity index (χ1) is 7.70. The van der Waals surface area contributed by atoms with Crippen molar-refractivity contribution in [3.05, 3.63) is 49.7 Å². The molecule has 1 atom stereocenters. The number of pyridine rings is 1. The zero-order chi connectivity index (χ0) is 11.5.